The average molecular weight is 191 g/mol. The van der Waals surface area contributed by atoms with Gasteiger partial charge in [-0.1, -0.05) is 18.2 Å². The van der Waals surface area contributed by atoms with E-state index < -0.39 is 0 Å². The number of nitrogens with one attached hydrogen (secondary N) is 2. The molecule has 14 heavy (non-hydrogen) atoms. The molecular weight excluding hydrogens is 178 g/mol. The van der Waals surface area contributed by atoms with Crippen molar-refractivity contribution < 1.29 is 4.42 Å². The van der Waals surface area contributed by atoms with Crippen LogP contribution in [0.5, 0.6) is 0 Å². The standard InChI is InChI=1S/C10H13N3O/c11-13-7-12-5-8-6-14-10-4-2-1-3-9(8)10/h1-4,6,12-13H,5,7,11H2. The molecule has 0 aliphatic carbocycles. The number of benzene rings is 1. The molecule has 0 radical (unpaired) electrons. The van der Waals surface area contributed by atoms with Gasteiger partial charge in [-0.2, -0.15) is 0 Å². The highest BCUT2D eigenvalue weighted by atomic mass is 16.3. The van der Waals surface area contributed by atoms with Crippen LogP contribution in [-0.4, -0.2) is 6.67 Å². The van der Waals surface area contributed by atoms with Gasteiger partial charge in [0, 0.05) is 17.5 Å². The molecule has 0 aliphatic rings. The molecule has 74 valence electrons. The Morgan fingerprint density at radius 1 is 1.29 bits per heavy atom. The maximum atomic E-state index is 5.39. The SMILES string of the molecule is NNCNCc1coc2ccccc12. The first kappa shape index (κ1) is 9.21. The molecule has 4 heteroatoms. The second kappa shape index (κ2) is 4.23. The highest BCUT2D eigenvalue weighted by Gasteiger charge is 2.03. The summed E-state index contributed by atoms with van der Waals surface area (Å²) >= 11 is 0. The minimum atomic E-state index is 0.583. The average Bonchev–Trinajstić information content (AvgIpc) is 2.63. The zero-order chi connectivity index (χ0) is 9.80. The number of hydrazine groups is 1. The Morgan fingerprint density at radius 2 is 2.14 bits per heavy atom. The van der Waals surface area contributed by atoms with Crippen LogP contribution in [0.2, 0.25) is 0 Å². The number of hydrogen-bond acceptors (Lipinski definition) is 4. The Balaban J connectivity index is 2.17. The summed E-state index contributed by atoms with van der Waals surface area (Å²) in [5, 5.41) is 4.28. The maximum absolute atomic E-state index is 5.39. The van der Waals surface area contributed by atoms with Gasteiger partial charge in [-0.05, 0) is 6.07 Å². The van der Waals surface area contributed by atoms with Gasteiger partial charge in [0.15, 0.2) is 0 Å². The van der Waals surface area contributed by atoms with Gasteiger partial charge in [0.05, 0.1) is 12.9 Å². The van der Waals surface area contributed by atoms with Crippen molar-refractivity contribution in [2.45, 2.75) is 6.54 Å². The number of rotatable bonds is 4. The van der Waals surface area contributed by atoms with Crippen LogP contribution < -0.4 is 16.6 Å². The predicted octanol–water partition coefficient (Wildman–Crippen LogP) is 0.943. The van der Waals surface area contributed by atoms with Crippen LogP contribution in [0.25, 0.3) is 11.0 Å². The molecule has 1 aromatic heterocycles. The first-order chi connectivity index (χ1) is 6.92. The summed E-state index contributed by atoms with van der Waals surface area (Å²) in [5.41, 5.74) is 4.61. The van der Waals surface area contributed by atoms with Gasteiger partial charge in [0.25, 0.3) is 0 Å². The van der Waals surface area contributed by atoms with Crippen LogP contribution in [0.3, 0.4) is 0 Å². The maximum Gasteiger partial charge on any atom is 0.134 e. The topological polar surface area (TPSA) is 63.2 Å². The normalized spacial score (nSPS) is 10.9. The number of para-hydroxylation sites is 1. The third kappa shape index (κ3) is 1.77. The monoisotopic (exact) mass is 191 g/mol. The van der Waals surface area contributed by atoms with Crippen LogP contribution in [0, 0.1) is 0 Å². The van der Waals surface area contributed by atoms with E-state index in [4.69, 9.17) is 10.3 Å². The molecule has 0 spiro atoms. The van der Waals surface area contributed by atoms with Crippen molar-refractivity contribution in [3.05, 3.63) is 36.1 Å². The van der Waals surface area contributed by atoms with Crippen molar-refractivity contribution in [3.8, 4) is 0 Å². The summed E-state index contributed by atoms with van der Waals surface area (Å²) < 4.78 is 5.39. The minimum absolute atomic E-state index is 0.583. The Hall–Kier alpha value is -1.36. The highest BCUT2D eigenvalue weighted by molar-refractivity contribution is 5.80. The molecule has 4 nitrogen and oxygen atoms in total. The fourth-order valence-corrected chi connectivity index (χ4v) is 1.44. The molecule has 0 saturated carbocycles. The third-order valence-corrected chi connectivity index (χ3v) is 2.10. The van der Waals surface area contributed by atoms with Crippen molar-refractivity contribution in [2.75, 3.05) is 6.67 Å². The summed E-state index contributed by atoms with van der Waals surface area (Å²) in [7, 11) is 0. The van der Waals surface area contributed by atoms with Crippen molar-refractivity contribution in [1.82, 2.24) is 10.7 Å². The molecule has 2 aromatic rings. The van der Waals surface area contributed by atoms with Gasteiger partial charge >= 0.3 is 0 Å². The van der Waals surface area contributed by atoms with E-state index in [0.29, 0.717) is 6.67 Å². The van der Waals surface area contributed by atoms with Gasteiger partial charge in [-0.15, -0.1) is 0 Å². The molecular formula is C10H13N3O. The Morgan fingerprint density at radius 3 is 3.00 bits per heavy atom. The van der Waals surface area contributed by atoms with E-state index in [1.165, 1.54) is 0 Å². The molecule has 1 heterocycles. The Labute approximate surface area is 82.0 Å². The van der Waals surface area contributed by atoms with Gasteiger partial charge < -0.3 is 4.42 Å². The van der Waals surface area contributed by atoms with E-state index >= 15 is 0 Å². The van der Waals surface area contributed by atoms with Crippen LogP contribution >= 0.6 is 0 Å². The number of hydrogen-bond donors (Lipinski definition) is 3. The fourth-order valence-electron chi connectivity index (χ4n) is 1.44. The van der Waals surface area contributed by atoms with Crippen molar-refractivity contribution in [2.24, 2.45) is 5.84 Å². The van der Waals surface area contributed by atoms with E-state index in [2.05, 4.69) is 10.7 Å². The van der Waals surface area contributed by atoms with Crippen LogP contribution in [0.15, 0.2) is 34.9 Å². The zero-order valence-corrected chi connectivity index (χ0v) is 7.79. The quantitative estimate of drug-likeness (QED) is 0.291. The summed E-state index contributed by atoms with van der Waals surface area (Å²) in [6.07, 6.45) is 1.77. The second-order valence-corrected chi connectivity index (χ2v) is 3.06. The molecule has 2 rings (SSSR count). The van der Waals surface area contributed by atoms with E-state index in [0.717, 1.165) is 23.1 Å². The van der Waals surface area contributed by atoms with Gasteiger partial charge in [0.1, 0.15) is 5.58 Å². The lowest BCUT2D eigenvalue weighted by molar-refractivity contribution is 0.582. The van der Waals surface area contributed by atoms with Crippen LogP contribution in [-0.2, 0) is 6.54 Å². The minimum Gasteiger partial charge on any atom is -0.464 e. The fraction of sp³-hybridized carbons (Fsp3) is 0.200. The molecule has 0 bridgehead atoms. The lowest BCUT2D eigenvalue weighted by Gasteiger charge is -2.00. The molecule has 0 atom stereocenters. The molecule has 0 fully saturated rings. The van der Waals surface area contributed by atoms with E-state index in [9.17, 15) is 0 Å². The summed E-state index contributed by atoms with van der Waals surface area (Å²) in [6, 6.07) is 7.97. The first-order valence-corrected chi connectivity index (χ1v) is 4.51. The number of nitrogens with two attached hydrogens (primary N) is 1. The van der Waals surface area contributed by atoms with Gasteiger partial charge in [-0.25, -0.2) is 5.43 Å². The summed E-state index contributed by atoms with van der Waals surface area (Å²) in [5.74, 6) is 5.14. The van der Waals surface area contributed by atoms with Crippen LogP contribution in [0.1, 0.15) is 5.56 Å². The number of fused-ring (bicyclic) bond motifs is 1. The Kier molecular flexibility index (Phi) is 2.78. The van der Waals surface area contributed by atoms with Gasteiger partial charge in [0.2, 0.25) is 0 Å². The molecule has 0 amide bonds. The zero-order valence-electron chi connectivity index (χ0n) is 7.79. The molecule has 4 N–H and O–H groups in total. The number of furan rings is 1. The lowest BCUT2D eigenvalue weighted by atomic mass is 10.2. The smallest absolute Gasteiger partial charge is 0.134 e. The molecule has 1 aromatic carbocycles. The van der Waals surface area contributed by atoms with Crippen LogP contribution in [0.4, 0.5) is 0 Å². The van der Waals surface area contributed by atoms with Crippen molar-refractivity contribution in [3.63, 3.8) is 0 Å². The predicted molar refractivity (Wildman–Crippen MR) is 55.2 cm³/mol. The first-order valence-electron chi connectivity index (χ1n) is 4.51. The van der Waals surface area contributed by atoms with Gasteiger partial charge in [-0.3, -0.25) is 11.2 Å². The third-order valence-electron chi connectivity index (χ3n) is 2.10. The largest absolute Gasteiger partial charge is 0.464 e. The summed E-state index contributed by atoms with van der Waals surface area (Å²) in [4.78, 5) is 0. The molecule has 0 saturated heterocycles. The molecule has 0 aliphatic heterocycles. The summed E-state index contributed by atoms with van der Waals surface area (Å²) in [6.45, 7) is 1.33. The Bertz CT molecular complexity index is 410. The highest BCUT2D eigenvalue weighted by Crippen LogP contribution is 2.19. The molecule has 0 unspecified atom stereocenters. The van der Waals surface area contributed by atoms with E-state index in [-0.39, 0.29) is 0 Å². The van der Waals surface area contributed by atoms with E-state index in [1.807, 2.05) is 24.3 Å². The van der Waals surface area contributed by atoms with Crippen molar-refractivity contribution in [1.29, 1.82) is 0 Å². The van der Waals surface area contributed by atoms with E-state index in [1.54, 1.807) is 6.26 Å². The second-order valence-electron chi connectivity index (χ2n) is 3.06. The van der Waals surface area contributed by atoms with Crippen molar-refractivity contribution >= 4 is 11.0 Å². The lowest BCUT2D eigenvalue weighted by Crippen LogP contribution is -2.33.